The van der Waals surface area contributed by atoms with Crippen LogP contribution in [0.2, 0.25) is 0 Å². The molecule has 19 heavy (non-hydrogen) atoms. The topological polar surface area (TPSA) is 0 Å². The lowest BCUT2D eigenvalue weighted by Crippen LogP contribution is -1.97. The van der Waals surface area contributed by atoms with E-state index >= 15 is 0 Å². The summed E-state index contributed by atoms with van der Waals surface area (Å²) in [5.41, 5.74) is 5.25. The van der Waals surface area contributed by atoms with Crippen molar-refractivity contribution in [3.05, 3.63) is 96.1 Å². The van der Waals surface area contributed by atoms with E-state index in [1.165, 1.54) is 22.3 Å². The zero-order valence-electron chi connectivity index (χ0n) is 10.8. The van der Waals surface area contributed by atoms with Crippen LogP contribution in [0.1, 0.15) is 22.6 Å². The summed E-state index contributed by atoms with van der Waals surface area (Å²) < 4.78 is 0. The summed E-state index contributed by atoms with van der Waals surface area (Å²) in [6.45, 7) is 3.85. The van der Waals surface area contributed by atoms with E-state index in [2.05, 4.69) is 73.3 Å². The Morgan fingerprint density at radius 2 is 1.68 bits per heavy atom. The van der Waals surface area contributed by atoms with Gasteiger partial charge in [0.05, 0.1) is 0 Å². The molecule has 0 fully saturated rings. The van der Waals surface area contributed by atoms with Crippen LogP contribution < -0.4 is 0 Å². The third kappa shape index (κ3) is 2.17. The summed E-state index contributed by atoms with van der Waals surface area (Å²) >= 11 is 0. The van der Waals surface area contributed by atoms with Crippen LogP contribution in [0.15, 0.2) is 79.4 Å². The zero-order chi connectivity index (χ0) is 13.1. The molecule has 0 saturated carbocycles. The Morgan fingerprint density at radius 3 is 2.47 bits per heavy atom. The van der Waals surface area contributed by atoms with Gasteiger partial charge in [-0.05, 0) is 22.3 Å². The smallest absolute Gasteiger partial charge is 0.0284 e. The number of benzene rings is 2. The lowest BCUT2D eigenvalue weighted by Gasteiger charge is -2.16. The Bertz CT molecular complexity index is 645. The molecular weight excluding hydrogens is 228 g/mol. The molecule has 92 valence electrons. The largest absolute Gasteiger partial charge is 0.0991 e. The molecule has 1 unspecified atom stereocenters. The highest BCUT2D eigenvalue weighted by Crippen LogP contribution is 2.39. The molecule has 0 saturated heterocycles. The van der Waals surface area contributed by atoms with Gasteiger partial charge in [0.2, 0.25) is 0 Å². The highest BCUT2D eigenvalue weighted by Gasteiger charge is 2.21. The predicted octanol–water partition coefficient (Wildman–Crippen LogP) is 5.07. The quantitative estimate of drug-likeness (QED) is 0.661. The molecule has 0 amide bonds. The zero-order valence-corrected chi connectivity index (χ0v) is 10.8. The first-order valence-electron chi connectivity index (χ1n) is 6.55. The number of rotatable bonds is 3. The normalized spacial score (nSPS) is 17.3. The number of hydrogen-bond acceptors (Lipinski definition) is 0. The van der Waals surface area contributed by atoms with E-state index in [1.807, 2.05) is 12.1 Å². The molecule has 0 aromatic heterocycles. The van der Waals surface area contributed by atoms with Gasteiger partial charge >= 0.3 is 0 Å². The molecular formula is C19H16. The molecule has 1 aliphatic carbocycles. The monoisotopic (exact) mass is 244 g/mol. The molecule has 2 aromatic carbocycles. The maximum absolute atomic E-state index is 3.85. The van der Waals surface area contributed by atoms with Crippen LogP contribution in [0.3, 0.4) is 0 Å². The van der Waals surface area contributed by atoms with Crippen molar-refractivity contribution in [2.75, 3.05) is 0 Å². The van der Waals surface area contributed by atoms with Gasteiger partial charge < -0.3 is 0 Å². The fourth-order valence-corrected chi connectivity index (χ4v) is 2.66. The second kappa shape index (κ2) is 5.11. The third-order valence-electron chi connectivity index (χ3n) is 3.54. The lowest BCUT2D eigenvalue weighted by molar-refractivity contribution is 1.13. The van der Waals surface area contributed by atoms with Gasteiger partial charge in [0.15, 0.2) is 0 Å². The van der Waals surface area contributed by atoms with Crippen LogP contribution in [0, 0.1) is 0 Å². The van der Waals surface area contributed by atoms with Crippen molar-refractivity contribution in [2.45, 2.75) is 5.92 Å². The molecule has 1 aliphatic rings. The first-order chi connectivity index (χ1) is 9.40. The fraction of sp³-hybridized carbons (Fsp3) is 0.0526. The van der Waals surface area contributed by atoms with Crippen molar-refractivity contribution in [1.82, 2.24) is 0 Å². The maximum atomic E-state index is 3.85. The summed E-state index contributed by atoms with van der Waals surface area (Å²) in [4.78, 5) is 0. The molecule has 0 aliphatic heterocycles. The molecule has 0 heterocycles. The minimum atomic E-state index is 0.330. The average molecular weight is 244 g/mol. The maximum Gasteiger partial charge on any atom is 0.0284 e. The van der Waals surface area contributed by atoms with Gasteiger partial charge in [-0.2, -0.15) is 0 Å². The molecule has 0 nitrogen and oxygen atoms in total. The standard InChI is InChI=1S/C19H16/c1-2-8-17(15-9-4-3-5-10-15)19-14-13-16-11-6-7-12-18(16)19/h2-14,19H,1H2. The van der Waals surface area contributed by atoms with Crippen molar-refractivity contribution in [3.8, 4) is 0 Å². The van der Waals surface area contributed by atoms with Gasteiger partial charge in [0.1, 0.15) is 0 Å². The van der Waals surface area contributed by atoms with E-state index in [-0.39, 0.29) is 0 Å². The van der Waals surface area contributed by atoms with E-state index in [4.69, 9.17) is 0 Å². The van der Waals surface area contributed by atoms with E-state index in [0.717, 1.165) is 0 Å². The first kappa shape index (κ1) is 11.7. The molecule has 0 heteroatoms. The van der Waals surface area contributed by atoms with Gasteiger partial charge in [-0.25, -0.2) is 0 Å². The van der Waals surface area contributed by atoms with Crippen molar-refractivity contribution >= 4 is 11.6 Å². The third-order valence-corrected chi connectivity index (χ3v) is 3.54. The van der Waals surface area contributed by atoms with E-state index < -0.39 is 0 Å². The minimum absolute atomic E-state index is 0.330. The van der Waals surface area contributed by atoms with E-state index in [0.29, 0.717) is 5.92 Å². The Balaban J connectivity index is 2.07. The van der Waals surface area contributed by atoms with Crippen molar-refractivity contribution in [3.63, 3.8) is 0 Å². The molecule has 0 spiro atoms. The van der Waals surface area contributed by atoms with Crippen LogP contribution in [0.25, 0.3) is 11.6 Å². The van der Waals surface area contributed by atoms with Crippen LogP contribution in [-0.4, -0.2) is 0 Å². The van der Waals surface area contributed by atoms with Gasteiger partial charge in [0.25, 0.3) is 0 Å². The number of fused-ring (bicyclic) bond motifs is 1. The molecule has 0 radical (unpaired) electrons. The second-order valence-corrected chi connectivity index (χ2v) is 4.69. The van der Waals surface area contributed by atoms with E-state index in [1.54, 1.807) is 0 Å². The fourth-order valence-electron chi connectivity index (χ4n) is 2.66. The minimum Gasteiger partial charge on any atom is -0.0991 e. The Kier molecular flexibility index (Phi) is 3.16. The predicted molar refractivity (Wildman–Crippen MR) is 82.8 cm³/mol. The van der Waals surface area contributed by atoms with Crippen molar-refractivity contribution in [2.24, 2.45) is 0 Å². The number of hydrogen-bond donors (Lipinski definition) is 0. The highest BCUT2D eigenvalue weighted by atomic mass is 14.2. The molecule has 1 atom stereocenters. The van der Waals surface area contributed by atoms with Gasteiger partial charge in [0, 0.05) is 5.92 Å². The SMILES string of the molecule is C=CC=C(c1ccccc1)C1C=Cc2ccccc21. The summed E-state index contributed by atoms with van der Waals surface area (Å²) in [6, 6.07) is 19.1. The van der Waals surface area contributed by atoms with Crippen LogP contribution in [-0.2, 0) is 0 Å². The Morgan fingerprint density at radius 1 is 0.947 bits per heavy atom. The molecule has 0 N–H and O–H groups in total. The van der Waals surface area contributed by atoms with Gasteiger partial charge in [-0.15, -0.1) is 0 Å². The summed E-state index contributed by atoms with van der Waals surface area (Å²) in [5.74, 6) is 0.330. The summed E-state index contributed by atoms with van der Waals surface area (Å²) in [6.07, 6.45) is 8.47. The molecule has 0 bridgehead atoms. The van der Waals surface area contributed by atoms with Crippen LogP contribution >= 0.6 is 0 Å². The van der Waals surface area contributed by atoms with E-state index in [9.17, 15) is 0 Å². The molecule has 2 aromatic rings. The summed E-state index contributed by atoms with van der Waals surface area (Å²) in [7, 11) is 0. The van der Waals surface area contributed by atoms with Gasteiger partial charge in [-0.1, -0.05) is 85.5 Å². The lowest BCUT2D eigenvalue weighted by atomic mass is 9.88. The van der Waals surface area contributed by atoms with Crippen molar-refractivity contribution < 1.29 is 0 Å². The number of allylic oxidation sites excluding steroid dienone is 4. The average Bonchev–Trinajstić information content (AvgIpc) is 2.89. The highest BCUT2D eigenvalue weighted by molar-refractivity contribution is 5.80. The second-order valence-electron chi connectivity index (χ2n) is 4.69. The Labute approximate surface area is 114 Å². The Hall–Kier alpha value is -2.34. The van der Waals surface area contributed by atoms with Crippen molar-refractivity contribution in [1.29, 1.82) is 0 Å². The first-order valence-corrected chi connectivity index (χ1v) is 6.55. The van der Waals surface area contributed by atoms with Gasteiger partial charge in [-0.3, -0.25) is 0 Å². The van der Waals surface area contributed by atoms with Crippen LogP contribution in [0.5, 0.6) is 0 Å². The van der Waals surface area contributed by atoms with Crippen LogP contribution in [0.4, 0.5) is 0 Å². The summed E-state index contributed by atoms with van der Waals surface area (Å²) in [5, 5.41) is 0. The molecule has 3 rings (SSSR count).